The van der Waals surface area contributed by atoms with Crippen LogP contribution in [0.5, 0.6) is 0 Å². The molecular weight excluding hydrogens is 332 g/mol. The number of rotatable bonds is 6. The molecule has 3 aromatic heterocycles. The number of nitrogens with zero attached hydrogens (tertiary/aromatic N) is 5. The first kappa shape index (κ1) is 16.4. The molecule has 134 valence electrons. The summed E-state index contributed by atoms with van der Waals surface area (Å²) in [7, 11) is 0. The van der Waals surface area contributed by atoms with Crippen molar-refractivity contribution < 1.29 is 9.32 Å². The van der Waals surface area contributed by atoms with Gasteiger partial charge in [0.1, 0.15) is 11.7 Å². The zero-order valence-electron chi connectivity index (χ0n) is 14.7. The Hall–Kier alpha value is -3.03. The summed E-state index contributed by atoms with van der Waals surface area (Å²) in [5.74, 6) is 1.20. The van der Waals surface area contributed by atoms with E-state index in [0.717, 1.165) is 11.3 Å². The Balaban J connectivity index is 1.48. The number of carbonyl (C=O) groups excluding carboxylic acids is 1. The molecule has 0 aliphatic heterocycles. The zero-order chi connectivity index (χ0) is 18.1. The van der Waals surface area contributed by atoms with Crippen molar-refractivity contribution in [1.82, 2.24) is 30.2 Å². The second kappa shape index (κ2) is 6.70. The molecule has 0 aromatic carbocycles. The van der Waals surface area contributed by atoms with Crippen molar-refractivity contribution in [2.24, 2.45) is 0 Å². The predicted molar refractivity (Wildman–Crippen MR) is 93.3 cm³/mol. The van der Waals surface area contributed by atoms with E-state index in [2.05, 4.69) is 25.5 Å². The summed E-state index contributed by atoms with van der Waals surface area (Å²) >= 11 is 0. The van der Waals surface area contributed by atoms with Gasteiger partial charge in [-0.1, -0.05) is 5.16 Å². The third-order valence-corrected chi connectivity index (χ3v) is 4.44. The van der Waals surface area contributed by atoms with E-state index in [1.807, 2.05) is 26.0 Å². The van der Waals surface area contributed by atoms with Gasteiger partial charge in [-0.25, -0.2) is 0 Å². The van der Waals surface area contributed by atoms with Crippen LogP contribution in [0.3, 0.4) is 0 Å². The average molecular weight is 352 g/mol. The average Bonchev–Trinajstić information content (AvgIpc) is 3.20. The van der Waals surface area contributed by atoms with Gasteiger partial charge < -0.3 is 9.84 Å². The maximum atomic E-state index is 12.4. The van der Waals surface area contributed by atoms with E-state index in [1.54, 1.807) is 23.1 Å². The molecule has 1 aliphatic rings. The van der Waals surface area contributed by atoms with Gasteiger partial charge in [0.05, 0.1) is 0 Å². The number of nitrogens with one attached hydrogen (secondary N) is 1. The minimum atomic E-state index is -0.409. The first-order valence-corrected chi connectivity index (χ1v) is 8.78. The van der Waals surface area contributed by atoms with E-state index in [9.17, 15) is 4.79 Å². The third-order valence-electron chi connectivity index (χ3n) is 4.44. The van der Waals surface area contributed by atoms with E-state index < -0.39 is 6.04 Å². The van der Waals surface area contributed by atoms with Crippen LogP contribution in [0.15, 0.2) is 35.1 Å². The lowest BCUT2D eigenvalue weighted by Crippen LogP contribution is -2.29. The highest BCUT2D eigenvalue weighted by molar-refractivity contribution is 5.92. The number of aryl methyl sites for hydroxylation is 1. The molecule has 0 saturated heterocycles. The first-order valence-electron chi connectivity index (χ1n) is 8.78. The Bertz CT molecular complexity index is 927. The Morgan fingerprint density at radius 2 is 2.23 bits per heavy atom. The van der Waals surface area contributed by atoms with Crippen LogP contribution in [0.4, 0.5) is 0 Å². The van der Waals surface area contributed by atoms with Crippen LogP contribution in [0, 0.1) is 0 Å². The summed E-state index contributed by atoms with van der Waals surface area (Å²) in [6.07, 6.45) is 5.75. The van der Waals surface area contributed by atoms with Crippen molar-refractivity contribution in [3.63, 3.8) is 0 Å². The fourth-order valence-corrected chi connectivity index (χ4v) is 2.83. The van der Waals surface area contributed by atoms with Crippen molar-refractivity contribution in [2.75, 3.05) is 0 Å². The van der Waals surface area contributed by atoms with Crippen molar-refractivity contribution in [2.45, 2.75) is 45.2 Å². The molecule has 1 saturated carbocycles. The number of carbonyl (C=O) groups is 1. The number of aromatic nitrogens is 5. The maximum Gasteiger partial charge on any atom is 0.270 e. The molecule has 8 heteroatoms. The van der Waals surface area contributed by atoms with Gasteiger partial charge in [0.2, 0.25) is 11.7 Å². The van der Waals surface area contributed by atoms with Crippen LogP contribution in [0.2, 0.25) is 0 Å². The molecule has 1 fully saturated rings. The number of hydrogen-bond acceptors (Lipinski definition) is 6. The summed E-state index contributed by atoms with van der Waals surface area (Å²) in [4.78, 5) is 21.2. The monoisotopic (exact) mass is 352 g/mol. The normalized spacial score (nSPS) is 15.0. The van der Waals surface area contributed by atoms with E-state index in [-0.39, 0.29) is 5.91 Å². The molecule has 3 aromatic rings. The number of hydrogen-bond donors (Lipinski definition) is 1. The molecule has 1 aliphatic carbocycles. The molecule has 1 amide bonds. The zero-order valence-corrected chi connectivity index (χ0v) is 14.7. The molecule has 1 atom stereocenters. The SMILES string of the molecule is CCn1nccc1C(=O)NC(C)c1nc(-c2ccnc(C3CC3)c2)no1. The predicted octanol–water partition coefficient (Wildman–Crippen LogP) is 2.72. The van der Waals surface area contributed by atoms with Crippen molar-refractivity contribution >= 4 is 5.91 Å². The molecule has 0 bridgehead atoms. The Kier molecular flexibility index (Phi) is 4.24. The lowest BCUT2D eigenvalue weighted by molar-refractivity contribution is 0.0921. The van der Waals surface area contributed by atoms with Crippen molar-refractivity contribution in [3.05, 3.63) is 47.9 Å². The van der Waals surface area contributed by atoms with Crippen molar-refractivity contribution in [1.29, 1.82) is 0 Å². The Morgan fingerprint density at radius 1 is 1.38 bits per heavy atom. The summed E-state index contributed by atoms with van der Waals surface area (Å²) in [6, 6.07) is 5.15. The minimum Gasteiger partial charge on any atom is -0.339 e. The van der Waals surface area contributed by atoms with E-state index >= 15 is 0 Å². The van der Waals surface area contributed by atoms with E-state index in [1.165, 1.54) is 12.8 Å². The lowest BCUT2D eigenvalue weighted by Gasteiger charge is -2.10. The topological polar surface area (TPSA) is 98.7 Å². The molecule has 0 radical (unpaired) electrons. The second-order valence-corrected chi connectivity index (χ2v) is 6.43. The van der Waals surface area contributed by atoms with Gasteiger partial charge in [0.25, 0.3) is 5.91 Å². The molecule has 26 heavy (non-hydrogen) atoms. The number of amides is 1. The smallest absolute Gasteiger partial charge is 0.270 e. The molecule has 8 nitrogen and oxygen atoms in total. The van der Waals surface area contributed by atoms with Crippen molar-refractivity contribution in [3.8, 4) is 11.4 Å². The van der Waals surface area contributed by atoms with Crippen LogP contribution < -0.4 is 5.32 Å². The van der Waals surface area contributed by atoms with Crippen LogP contribution in [0.25, 0.3) is 11.4 Å². The molecule has 3 heterocycles. The van der Waals surface area contributed by atoms with Gasteiger partial charge in [-0.15, -0.1) is 0 Å². The highest BCUT2D eigenvalue weighted by Gasteiger charge is 2.26. The van der Waals surface area contributed by atoms with Gasteiger partial charge >= 0.3 is 0 Å². The Morgan fingerprint density at radius 3 is 3.00 bits per heavy atom. The van der Waals surface area contributed by atoms with Gasteiger partial charge in [-0.3, -0.25) is 14.5 Å². The highest BCUT2D eigenvalue weighted by Crippen LogP contribution is 2.39. The molecule has 0 spiro atoms. The van der Waals surface area contributed by atoms with Gasteiger partial charge in [0, 0.05) is 36.1 Å². The summed E-state index contributed by atoms with van der Waals surface area (Å²) in [6.45, 7) is 4.37. The fraction of sp³-hybridized carbons (Fsp3) is 0.389. The van der Waals surface area contributed by atoms with Crippen LogP contribution in [-0.2, 0) is 6.54 Å². The second-order valence-electron chi connectivity index (χ2n) is 6.43. The molecule has 1 unspecified atom stereocenters. The first-order chi connectivity index (χ1) is 12.7. The van der Waals surface area contributed by atoms with E-state index in [4.69, 9.17) is 4.52 Å². The van der Waals surface area contributed by atoms with Crippen LogP contribution >= 0.6 is 0 Å². The third kappa shape index (κ3) is 3.22. The highest BCUT2D eigenvalue weighted by atomic mass is 16.5. The minimum absolute atomic E-state index is 0.225. The Labute approximate surface area is 150 Å². The van der Waals surface area contributed by atoms with Gasteiger partial charge in [-0.05, 0) is 44.9 Å². The van der Waals surface area contributed by atoms with Crippen LogP contribution in [0.1, 0.15) is 60.7 Å². The van der Waals surface area contributed by atoms with Crippen LogP contribution in [-0.4, -0.2) is 30.8 Å². The summed E-state index contributed by atoms with van der Waals surface area (Å²) < 4.78 is 6.99. The summed E-state index contributed by atoms with van der Waals surface area (Å²) in [5.41, 5.74) is 2.45. The summed E-state index contributed by atoms with van der Waals surface area (Å²) in [5, 5.41) is 11.0. The molecular formula is C18H20N6O2. The lowest BCUT2D eigenvalue weighted by atomic mass is 10.2. The maximum absolute atomic E-state index is 12.4. The standard InChI is InChI=1S/C18H20N6O2/c1-3-24-15(7-9-20-24)17(25)21-11(2)18-22-16(23-26-18)13-6-8-19-14(10-13)12-4-5-12/h6-12H,3-5H2,1-2H3,(H,21,25). The van der Waals surface area contributed by atoms with Gasteiger partial charge in [0.15, 0.2) is 0 Å². The van der Waals surface area contributed by atoms with E-state index in [0.29, 0.717) is 29.9 Å². The fourth-order valence-electron chi connectivity index (χ4n) is 2.83. The van der Waals surface area contributed by atoms with Gasteiger partial charge in [-0.2, -0.15) is 10.1 Å². The molecule has 4 rings (SSSR count). The quantitative estimate of drug-likeness (QED) is 0.732. The molecule has 1 N–H and O–H groups in total. The largest absolute Gasteiger partial charge is 0.339 e. The number of pyridine rings is 1.